The zero-order valence-corrected chi connectivity index (χ0v) is 12.9. The molecule has 0 saturated heterocycles. The Bertz CT molecular complexity index is 347. The molecule has 1 aliphatic carbocycles. The molecule has 0 unspecified atom stereocenters. The molecule has 2 N–H and O–H groups in total. The van der Waals surface area contributed by atoms with Crippen LogP contribution in [0.5, 0.6) is 0 Å². The third-order valence-electron chi connectivity index (χ3n) is 4.99. The minimum absolute atomic E-state index is 0.489. The van der Waals surface area contributed by atoms with E-state index in [9.17, 15) is 0 Å². The van der Waals surface area contributed by atoms with Crippen molar-refractivity contribution in [1.29, 1.82) is 0 Å². The normalized spacial score (nSPS) is 32.8. The second kappa shape index (κ2) is 6.06. The van der Waals surface area contributed by atoms with Gasteiger partial charge in [0.2, 0.25) is 0 Å². The molecule has 0 radical (unpaired) electrons. The molecule has 0 aromatic rings. The summed E-state index contributed by atoms with van der Waals surface area (Å²) >= 11 is 2.05. The van der Waals surface area contributed by atoms with Gasteiger partial charge in [-0.3, -0.25) is 4.90 Å². The minimum Gasteiger partial charge on any atom is -0.367 e. The molecular weight excluding hydrogens is 254 g/mol. The summed E-state index contributed by atoms with van der Waals surface area (Å²) in [5, 5.41) is 0. The number of nitrogens with two attached hydrogens (primary N) is 1. The Kier molecular flexibility index (Phi) is 4.40. The molecule has 3 aliphatic rings. The average Bonchev–Trinajstić information content (AvgIpc) is 2.80. The Labute approximate surface area is 121 Å². The van der Waals surface area contributed by atoms with E-state index in [0.717, 1.165) is 5.92 Å². The van der Waals surface area contributed by atoms with Gasteiger partial charge in [-0.15, -0.1) is 11.8 Å². The van der Waals surface area contributed by atoms with Crippen LogP contribution in [0.25, 0.3) is 0 Å². The zero-order chi connectivity index (χ0) is 13.2. The first kappa shape index (κ1) is 13.8. The molecule has 0 aromatic carbocycles. The van der Waals surface area contributed by atoms with E-state index >= 15 is 0 Å². The predicted octanol–water partition coefficient (Wildman–Crippen LogP) is 2.45. The van der Waals surface area contributed by atoms with Crippen LogP contribution >= 0.6 is 11.8 Å². The van der Waals surface area contributed by atoms with E-state index in [2.05, 4.69) is 16.8 Å². The van der Waals surface area contributed by atoms with Gasteiger partial charge in [0.25, 0.3) is 0 Å². The molecule has 108 valence electrons. The molecule has 2 aliphatic heterocycles. The average molecular weight is 281 g/mol. The van der Waals surface area contributed by atoms with Crippen LogP contribution in [0.4, 0.5) is 0 Å². The van der Waals surface area contributed by atoms with Crippen molar-refractivity contribution in [2.24, 2.45) is 11.7 Å². The lowest BCUT2D eigenvalue weighted by Gasteiger charge is -2.32. The molecule has 0 bridgehead atoms. The number of hydrogen-bond donors (Lipinski definition) is 1. The Morgan fingerprint density at radius 2 is 2.05 bits per heavy atom. The van der Waals surface area contributed by atoms with Crippen molar-refractivity contribution in [3.8, 4) is 0 Å². The minimum atomic E-state index is 0.489. The fourth-order valence-electron chi connectivity index (χ4n) is 3.56. The van der Waals surface area contributed by atoms with Gasteiger partial charge in [0.15, 0.2) is 0 Å². The molecule has 19 heavy (non-hydrogen) atoms. The highest BCUT2D eigenvalue weighted by molar-refractivity contribution is 8.03. The zero-order valence-electron chi connectivity index (χ0n) is 12.1. The molecule has 3 nitrogen and oxygen atoms in total. The second-order valence-corrected chi connectivity index (χ2v) is 7.48. The summed E-state index contributed by atoms with van der Waals surface area (Å²) in [7, 11) is 2.24. The summed E-state index contributed by atoms with van der Waals surface area (Å²) in [5.41, 5.74) is 7.58. The maximum Gasteiger partial charge on any atom is 0.0677 e. The van der Waals surface area contributed by atoms with E-state index in [0.29, 0.717) is 6.04 Å². The molecule has 0 spiro atoms. The van der Waals surface area contributed by atoms with Gasteiger partial charge in [-0.05, 0) is 51.0 Å². The van der Waals surface area contributed by atoms with Crippen LogP contribution in [0.1, 0.15) is 38.5 Å². The number of rotatable bonds is 3. The van der Waals surface area contributed by atoms with Crippen molar-refractivity contribution < 1.29 is 0 Å². The SMILES string of the molecule is CN1CSC2=C1CN(CCC1CCC(N)CC1)CC2. The standard InChI is InChI=1S/C15H27N3S/c1-17-11-19-15-7-9-18(10-14(15)17)8-6-12-2-4-13(16)5-3-12/h12-13H,2-11,16H2,1H3. The van der Waals surface area contributed by atoms with Crippen LogP contribution in [0.2, 0.25) is 0 Å². The number of hydrogen-bond acceptors (Lipinski definition) is 4. The van der Waals surface area contributed by atoms with E-state index in [4.69, 9.17) is 5.73 Å². The van der Waals surface area contributed by atoms with Crippen molar-refractivity contribution in [1.82, 2.24) is 9.80 Å². The summed E-state index contributed by atoms with van der Waals surface area (Å²) in [5.74, 6) is 2.10. The highest BCUT2D eigenvalue weighted by Gasteiger charge is 2.27. The fourth-order valence-corrected chi connectivity index (χ4v) is 4.69. The van der Waals surface area contributed by atoms with Crippen LogP contribution in [-0.4, -0.2) is 48.4 Å². The molecule has 4 heteroatoms. The number of nitrogens with zero attached hydrogens (tertiary/aromatic N) is 2. The third kappa shape index (κ3) is 3.29. The van der Waals surface area contributed by atoms with Gasteiger partial charge >= 0.3 is 0 Å². The first-order valence-corrected chi connectivity index (χ1v) is 8.75. The topological polar surface area (TPSA) is 32.5 Å². The van der Waals surface area contributed by atoms with Crippen LogP contribution in [0.3, 0.4) is 0 Å². The molecule has 0 atom stereocenters. The van der Waals surface area contributed by atoms with Gasteiger partial charge in [-0.25, -0.2) is 0 Å². The summed E-state index contributed by atoms with van der Waals surface area (Å²) < 4.78 is 0. The number of thioether (sulfide) groups is 1. The maximum absolute atomic E-state index is 5.99. The Morgan fingerprint density at radius 1 is 1.26 bits per heavy atom. The van der Waals surface area contributed by atoms with Crippen LogP contribution in [-0.2, 0) is 0 Å². The van der Waals surface area contributed by atoms with E-state index in [1.165, 1.54) is 64.0 Å². The van der Waals surface area contributed by atoms with Crippen molar-refractivity contribution in [3.05, 3.63) is 10.6 Å². The Morgan fingerprint density at radius 3 is 2.84 bits per heavy atom. The first-order chi connectivity index (χ1) is 9.22. The van der Waals surface area contributed by atoms with Gasteiger partial charge in [0.05, 0.1) is 5.88 Å². The second-order valence-electron chi connectivity index (χ2n) is 6.44. The van der Waals surface area contributed by atoms with Crippen LogP contribution in [0, 0.1) is 5.92 Å². The van der Waals surface area contributed by atoms with Crippen molar-refractivity contribution in [3.63, 3.8) is 0 Å². The Balaban J connectivity index is 1.44. The van der Waals surface area contributed by atoms with Crippen molar-refractivity contribution >= 4 is 11.8 Å². The molecule has 1 saturated carbocycles. The lowest BCUT2D eigenvalue weighted by atomic mass is 9.84. The van der Waals surface area contributed by atoms with E-state index in [-0.39, 0.29) is 0 Å². The highest BCUT2D eigenvalue weighted by atomic mass is 32.2. The maximum atomic E-state index is 5.99. The van der Waals surface area contributed by atoms with Crippen LogP contribution < -0.4 is 5.73 Å². The molecular formula is C15H27N3S. The monoisotopic (exact) mass is 281 g/mol. The number of likely N-dealkylation sites (N-methyl/N-ethyl adjacent to an activating group) is 1. The van der Waals surface area contributed by atoms with E-state index in [1.54, 1.807) is 10.6 Å². The highest BCUT2D eigenvalue weighted by Crippen LogP contribution is 2.36. The lowest BCUT2D eigenvalue weighted by molar-refractivity contribution is 0.221. The molecule has 0 amide bonds. The van der Waals surface area contributed by atoms with E-state index < -0.39 is 0 Å². The third-order valence-corrected chi connectivity index (χ3v) is 6.29. The van der Waals surface area contributed by atoms with Crippen molar-refractivity contribution in [2.75, 3.05) is 32.6 Å². The predicted molar refractivity (Wildman–Crippen MR) is 82.9 cm³/mol. The van der Waals surface area contributed by atoms with Gasteiger partial charge in [-0.2, -0.15) is 0 Å². The van der Waals surface area contributed by atoms with Crippen molar-refractivity contribution in [2.45, 2.75) is 44.6 Å². The molecule has 2 heterocycles. The van der Waals surface area contributed by atoms with Gasteiger partial charge in [0, 0.05) is 36.8 Å². The fraction of sp³-hybridized carbons (Fsp3) is 0.867. The van der Waals surface area contributed by atoms with Gasteiger partial charge in [0.1, 0.15) is 0 Å². The quantitative estimate of drug-likeness (QED) is 0.861. The van der Waals surface area contributed by atoms with Gasteiger partial charge < -0.3 is 10.6 Å². The Hall–Kier alpha value is -0.190. The smallest absolute Gasteiger partial charge is 0.0677 e. The summed E-state index contributed by atoms with van der Waals surface area (Å²) in [4.78, 5) is 6.75. The summed E-state index contributed by atoms with van der Waals surface area (Å²) in [6.07, 6.45) is 7.88. The van der Waals surface area contributed by atoms with Crippen LogP contribution in [0.15, 0.2) is 10.6 Å². The summed E-state index contributed by atoms with van der Waals surface area (Å²) in [6, 6.07) is 0.489. The molecule has 3 rings (SSSR count). The summed E-state index contributed by atoms with van der Waals surface area (Å²) in [6.45, 7) is 3.74. The lowest BCUT2D eigenvalue weighted by Crippen LogP contribution is -2.36. The van der Waals surface area contributed by atoms with Gasteiger partial charge in [-0.1, -0.05) is 0 Å². The molecule has 0 aromatic heterocycles. The molecule has 1 fully saturated rings. The largest absolute Gasteiger partial charge is 0.367 e. The first-order valence-electron chi connectivity index (χ1n) is 7.76. The van der Waals surface area contributed by atoms with E-state index in [1.807, 2.05) is 11.8 Å².